The summed E-state index contributed by atoms with van der Waals surface area (Å²) >= 11 is 0. The first-order chi connectivity index (χ1) is 8.97. The van der Waals surface area contributed by atoms with E-state index in [0.29, 0.717) is 13.1 Å². The van der Waals surface area contributed by atoms with Crippen molar-refractivity contribution in [2.75, 3.05) is 13.1 Å². The molecule has 1 aliphatic carbocycles. The van der Waals surface area contributed by atoms with Gasteiger partial charge < -0.3 is 10.3 Å². The van der Waals surface area contributed by atoms with Crippen molar-refractivity contribution in [2.45, 2.75) is 37.1 Å². The van der Waals surface area contributed by atoms with E-state index in [9.17, 15) is 8.42 Å². The van der Waals surface area contributed by atoms with Crippen molar-refractivity contribution in [1.29, 1.82) is 0 Å². The van der Waals surface area contributed by atoms with Gasteiger partial charge >= 0.3 is 0 Å². The summed E-state index contributed by atoms with van der Waals surface area (Å²) < 4.78 is 28.5. The first-order valence-corrected chi connectivity index (χ1v) is 8.13. The van der Waals surface area contributed by atoms with Gasteiger partial charge in [0, 0.05) is 19.8 Å². The van der Waals surface area contributed by atoms with Gasteiger partial charge in [0.15, 0.2) is 5.03 Å². The smallest absolute Gasteiger partial charge is 0.259 e. The van der Waals surface area contributed by atoms with Crippen molar-refractivity contribution in [3.63, 3.8) is 0 Å². The lowest BCUT2D eigenvalue weighted by Crippen LogP contribution is -2.43. The number of aromatic nitrogens is 2. The third-order valence-electron chi connectivity index (χ3n) is 3.94. The third kappa shape index (κ3) is 3.34. The van der Waals surface area contributed by atoms with Gasteiger partial charge in [0.2, 0.25) is 0 Å². The van der Waals surface area contributed by atoms with E-state index in [1.165, 1.54) is 18.9 Å². The molecule has 0 aliphatic heterocycles. The fourth-order valence-corrected chi connectivity index (χ4v) is 3.74. The number of hydrogen-bond donors (Lipinski definition) is 2. The Balaban J connectivity index is 2.04. The fraction of sp³-hybridized carbons (Fsp3) is 0.750. The zero-order valence-corrected chi connectivity index (χ0v) is 12.1. The molecule has 6 nitrogen and oxygen atoms in total. The number of nitrogens with two attached hydrogens (primary N) is 1. The van der Waals surface area contributed by atoms with Crippen LogP contribution in [0.1, 0.15) is 32.1 Å². The second kappa shape index (κ2) is 5.60. The molecule has 3 N–H and O–H groups in total. The number of nitrogens with zero attached hydrogens (tertiary/aromatic N) is 2. The maximum atomic E-state index is 12.1. The Labute approximate surface area is 114 Å². The topological polar surface area (TPSA) is 90.0 Å². The van der Waals surface area contributed by atoms with Gasteiger partial charge in [0.05, 0.1) is 6.33 Å². The molecule has 0 atom stereocenters. The molecule has 7 heteroatoms. The second-order valence-electron chi connectivity index (χ2n) is 5.47. The fourth-order valence-electron chi connectivity index (χ4n) is 2.60. The Hall–Kier alpha value is -0.920. The minimum Gasteiger partial charge on any atom is -0.339 e. The Bertz CT molecular complexity index is 518. The minimum atomic E-state index is -3.52. The summed E-state index contributed by atoms with van der Waals surface area (Å²) in [6, 6.07) is 0. The van der Waals surface area contributed by atoms with Crippen LogP contribution in [0.5, 0.6) is 0 Å². The van der Waals surface area contributed by atoms with E-state index in [2.05, 4.69) is 9.71 Å². The van der Waals surface area contributed by atoms with E-state index in [1.807, 2.05) is 0 Å². The largest absolute Gasteiger partial charge is 0.339 e. The number of nitrogens with one attached hydrogen (secondary N) is 1. The van der Waals surface area contributed by atoms with Gasteiger partial charge in [-0.25, -0.2) is 18.1 Å². The molecule has 19 heavy (non-hydrogen) atoms. The molecular weight excluding hydrogens is 264 g/mol. The molecule has 0 saturated heterocycles. The van der Waals surface area contributed by atoms with Crippen molar-refractivity contribution in [1.82, 2.24) is 14.3 Å². The van der Waals surface area contributed by atoms with Gasteiger partial charge in [0.25, 0.3) is 10.0 Å². The number of hydrogen-bond acceptors (Lipinski definition) is 4. The lowest BCUT2D eigenvalue weighted by molar-refractivity contribution is 0.202. The molecule has 0 unspecified atom stereocenters. The number of sulfonamides is 1. The van der Waals surface area contributed by atoms with Crippen LogP contribution in [0.3, 0.4) is 0 Å². The first kappa shape index (κ1) is 14.5. The van der Waals surface area contributed by atoms with Gasteiger partial charge in [0.1, 0.15) is 0 Å². The van der Waals surface area contributed by atoms with Crippen LogP contribution in [0.2, 0.25) is 0 Å². The molecule has 0 bridgehead atoms. The molecular formula is C12H22N4O2S. The molecule has 0 radical (unpaired) electrons. The predicted octanol–water partition coefficient (Wildman–Crippen LogP) is 0.608. The average Bonchev–Trinajstić information content (AvgIpc) is 2.85. The summed E-state index contributed by atoms with van der Waals surface area (Å²) in [5.74, 6) is 0. The van der Waals surface area contributed by atoms with Crippen LogP contribution in [0, 0.1) is 5.41 Å². The molecule has 1 aromatic heterocycles. The summed E-state index contributed by atoms with van der Waals surface area (Å²) in [4.78, 5) is 3.88. The average molecular weight is 286 g/mol. The van der Waals surface area contributed by atoms with Crippen molar-refractivity contribution in [3.05, 3.63) is 12.5 Å². The standard InChI is InChI=1S/C12H22N4O2S/c1-16-7-11(14-10-16)19(17,18)15-9-12(8-13)5-3-2-4-6-12/h7,10,15H,2-6,8-9,13H2,1H3. The maximum Gasteiger partial charge on any atom is 0.259 e. The van der Waals surface area contributed by atoms with E-state index in [0.717, 1.165) is 25.7 Å². The summed E-state index contributed by atoms with van der Waals surface area (Å²) in [7, 11) is -1.78. The van der Waals surface area contributed by atoms with Gasteiger partial charge in [-0.1, -0.05) is 19.3 Å². The molecule has 2 rings (SSSR count). The molecule has 0 spiro atoms. The van der Waals surface area contributed by atoms with Crippen LogP contribution in [0.25, 0.3) is 0 Å². The molecule has 108 valence electrons. The highest BCUT2D eigenvalue weighted by Crippen LogP contribution is 2.34. The molecule has 1 aromatic rings. The molecule has 0 amide bonds. The van der Waals surface area contributed by atoms with Crippen molar-refractivity contribution < 1.29 is 8.42 Å². The maximum absolute atomic E-state index is 12.1. The Morgan fingerprint density at radius 3 is 2.63 bits per heavy atom. The summed E-state index contributed by atoms with van der Waals surface area (Å²) in [5.41, 5.74) is 5.77. The van der Waals surface area contributed by atoms with E-state index >= 15 is 0 Å². The van der Waals surface area contributed by atoms with Gasteiger partial charge in [-0.15, -0.1) is 0 Å². The van der Waals surface area contributed by atoms with E-state index in [4.69, 9.17) is 5.73 Å². The van der Waals surface area contributed by atoms with Crippen molar-refractivity contribution in [3.8, 4) is 0 Å². The van der Waals surface area contributed by atoms with Gasteiger partial charge in [-0.3, -0.25) is 0 Å². The van der Waals surface area contributed by atoms with Crippen LogP contribution in [0.15, 0.2) is 17.6 Å². The predicted molar refractivity (Wildman–Crippen MR) is 73.0 cm³/mol. The van der Waals surface area contributed by atoms with Crippen molar-refractivity contribution >= 4 is 10.0 Å². The number of aryl methyl sites for hydroxylation is 1. The monoisotopic (exact) mass is 286 g/mol. The highest BCUT2D eigenvalue weighted by molar-refractivity contribution is 7.89. The van der Waals surface area contributed by atoms with Crippen LogP contribution in [0.4, 0.5) is 0 Å². The Morgan fingerprint density at radius 2 is 2.11 bits per heavy atom. The summed E-state index contributed by atoms with van der Waals surface area (Å²) in [6.45, 7) is 0.931. The van der Waals surface area contributed by atoms with Crippen molar-refractivity contribution in [2.24, 2.45) is 18.2 Å². The lowest BCUT2D eigenvalue weighted by atomic mass is 9.74. The quantitative estimate of drug-likeness (QED) is 0.829. The third-order valence-corrected chi connectivity index (χ3v) is 5.23. The van der Waals surface area contributed by atoms with E-state index in [1.54, 1.807) is 11.6 Å². The molecule has 1 saturated carbocycles. The minimum absolute atomic E-state index is 0.0676. The Morgan fingerprint density at radius 1 is 1.42 bits per heavy atom. The van der Waals surface area contributed by atoms with Gasteiger partial charge in [-0.05, 0) is 24.8 Å². The first-order valence-electron chi connectivity index (χ1n) is 6.65. The zero-order chi connectivity index (χ0) is 13.9. The highest BCUT2D eigenvalue weighted by atomic mass is 32.2. The Kier molecular flexibility index (Phi) is 4.27. The van der Waals surface area contributed by atoms with E-state index < -0.39 is 10.0 Å². The summed E-state index contributed by atoms with van der Waals surface area (Å²) in [6.07, 6.45) is 8.44. The molecule has 1 aliphatic rings. The summed E-state index contributed by atoms with van der Waals surface area (Å²) in [5, 5.41) is 0.0676. The second-order valence-corrected chi connectivity index (χ2v) is 7.18. The van der Waals surface area contributed by atoms with Crippen LogP contribution in [-0.2, 0) is 17.1 Å². The SMILES string of the molecule is Cn1cnc(S(=O)(=O)NCC2(CN)CCCCC2)c1. The van der Waals surface area contributed by atoms with Crippen LogP contribution < -0.4 is 10.5 Å². The normalized spacial score (nSPS) is 19.5. The number of rotatable bonds is 5. The van der Waals surface area contributed by atoms with Gasteiger partial charge in [-0.2, -0.15) is 0 Å². The zero-order valence-electron chi connectivity index (χ0n) is 11.3. The number of imidazole rings is 1. The molecule has 1 heterocycles. The van der Waals surface area contributed by atoms with Crippen LogP contribution in [-0.4, -0.2) is 31.1 Å². The van der Waals surface area contributed by atoms with E-state index in [-0.39, 0.29) is 10.4 Å². The highest BCUT2D eigenvalue weighted by Gasteiger charge is 2.32. The lowest BCUT2D eigenvalue weighted by Gasteiger charge is -2.36. The molecule has 1 fully saturated rings. The van der Waals surface area contributed by atoms with Crippen LogP contribution >= 0.6 is 0 Å². The molecule has 0 aromatic carbocycles.